The highest BCUT2D eigenvalue weighted by molar-refractivity contribution is 7.48. The van der Waals surface area contributed by atoms with Crippen LogP contribution in [0.15, 0.2) is 48.5 Å². The number of benzene rings is 2. The quantitative estimate of drug-likeness (QED) is 0.0640. The van der Waals surface area contributed by atoms with Crippen molar-refractivity contribution in [2.24, 2.45) is 23.7 Å². The minimum Gasteiger partial charge on any atom is -0.441 e. The van der Waals surface area contributed by atoms with Crippen LogP contribution in [-0.2, 0) is 29.8 Å². The first-order valence-corrected chi connectivity index (χ1v) is 22.5. The van der Waals surface area contributed by atoms with Crippen molar-refractivity contribution < 1.29 is 28.2 Å². The Hall–Kier alpha value is -3.55. The molecule has 9 heteroatoms. The Morgan fingerprint density at radius 3 is 2.20 bits per heavy atom. The Morgan fingerprint density at radius 2 is 1.50 bits per heavy atom. The van der Waals surface area contributed by atoms with Crippen LogP contribution in [0.1, 0.15) is 153 Å². The summed E-state index contributed by atoms with van der Waals surface area (Å²) in [4.78, 5) is 38.7. The molecular formula is C47H65N2O6P. The molecule has 2 aliphatic carbocycles. The average molecular weight is 785 g/mol. The number of fused-ring (bicyclic) bond motifs is 2. The average Bonchev–Trinajstić information content (AvgIpc) is 3.59. The number of nitrogens with zero attached hydrogens (tertiary/aromatic N) is 1. The van der Waals surface area contributed by atoms with Gasteiger partial charge in [0.2, 0.25) is 0 Å². The highest BCUT2D eigenvalue weighted by Gasteiger charge is 2.41. The summed E-state index contributed by atoms with van der Waals surface area (Å²) in [5, 5.41) is 11.9. The molecule has 0 heterocycles. The molecule has 1 saturated carbocycles. The molecule has 1 amide bonds. The van der Waals surface area contributed by atoms with Crippen LogP contribution in [0, 0.1) is 46.8 Å². The zero-order valence-corrected chi connectivity index (χ0v) is 35.4. The first-order valence-electron chi connectivity index (χ1n) is 21.2. The van der Waals surface area contributed by atoms with Gasteiger partial charge in [-0.1, -0.05) is 109 Å². The van der Waals surface area contributed by atoms with Crippen molar-refractivity contribution in [1.29, 1.82) is 5.26 Å². The largest absolute Gasteiger partial charge is 0.441 e. The number of alkyl carbamates (subject to hydrolysis) is 1. The Kier molecular flexibility index (Phi) is 19.6. The fraction of sp³-hybridized carbons (Fsp3) is 0.617. The van der Waals surface area contributed by atoms with Crippen LogP contribution in [0.2, 0.25) is 0 Å². The van der Waals surface area contributed by atoms with Gasteiger partial charge in [0.25, 0.3) is 0 Å². The molecule has 304 valence electrons. The van der Waals surface area contributed by atoms with Crippen molar-refractivity contribution >= 4 is 26.0 Å². The lowest BCUT2D eigenvalue weighted by atomic mass is 9.88. The molecule has 1 N–H and O–H groups in total. The van der Waals surface area contributed by atoms with E-state index in [1.807, 2.05) is 48.5 Å². The SMILES string of the molecule is CC[C@@H]1C[C@@H](OP(OCCC#N)C(C(C)C)C(C)C)CC1C(=O)CCCCCCC(=O)CCCCCNC(=O)OC1Cc2ccccc2C#Cc2ccccc21. The molecule has 0 aliphatic heterocycles. The number of nitriles is 1. The molecule has 0 aromatic heterocycles. The van der Waals surface area contributed by atoms with Crippen molar-refractivity contribution in [2.45, 2.75) is 149 Å². The topological polar surface area (TPSA) is 115 Å². The molecule has 0 saturated heterocycles. The number of carbonyl (C=O) groups excluding carboxylic acids is 3. The summed E-state index contributed by atoms with van der Waals surface area (Å²) < 4.78 is 18.8. The normalized spacial score (nSPS) is 19.3. The maximum atomic E-state index is 13.4. The second kappa shape index (κ2) is 24.3. The summed E-state index contributed by atoms with van der Waals surface area (Å²) in [5.41, 5.74) is 4.08. The number of hydrogen-bond donors (Lipinski definition) is 1. The van der Waals surface area contributed by atoms with E-state index in [0.29, 0.717) is 68.8 Å². The van der Waals surface area contributed by atoms with Crippen LogP contribution in [-0.4, -0.2) is 42.6 Å². The maximum Gasteiger partial charge on any atom is 0.407 e. The van der Waals surface area contributed by atoms with E-state index in [-0.39, 0.29) is 23.5 Å². The third kappa shape index (κ3) is 14.4. The Bertz CT molecular complexity index is 1650. The van der Waals surface area contributed by atoms with Gasteiger partial charge in [0.05, 0.1) is 25.2 Å². The molecule has 3 unspecified atom stereocenters. The maximum absolute atomic E-state index is 13.4. The zero-order chi connectivity index (χ0) is 40.3. The number of ether oxygens (including phenoxy) is 1. The van der Waals surface area contributed by atoms with E-state index in [2.05, 4.69) is 57.8 Å². The highest BCUT2D eigenvalue weighted by atomic mass is 31.2. The summed E-state index contributed by atoms with van der Waals surface area (Å²) in [6.45, 7) is 11.9. The van der Waals surface area contributed by atoms with Gasteiger partial charge in [-0.2, -0.15) is 5.26 Å². The standard InChI is InChI=1S/C47H65N2O6P/c1-6-36-31-41(55-56(53-30-18-28-48)46(34(2)3)35(4)5)33-43(36)44(51)25-12-8-7-10-22-40(50)23-11-9-17-29-49-47(52)54-45-32-39-21-14-13-19-37(39)26-27-38-20-15-16-24-42(38)45/h13-16,19-21,24,34-36,41,43,45-46H,6-12,17-18,22-23,25,29-33H2,1-5H3,(H,49,52)/t36-,41-,43?,45?,56?/m1/s1. The molecule has 4 rings (SSSR count). The molecular weight excluding hydrogens is 719 g/mol. The molecule has 56 heavy (non-hydrogen) atoms. The summed E-state index contributed by atoms with van der Waals surface area (Å²) in [6.07, 6.45) is 10.5. The van der Waals surface area contributed by atoms with Gasteiger partial charge < -0.3 is 19.1 Å². The van der Waals surface area contributed by atoms with Crippen LogP contribution in [0.25, 0.3) is 0 Å². The Labute approximate surface area is 338 Å². The first kappa shape index (κ1) is 45.2. The number of Topliss-reactive ketones (excluding diaryl/α,β-unsaturated/α-hetero) is 2. The highest BCUT2D eigenvalue weighted by Crippen LogP contribution is 2.54. The lowest BCUT2D eigenvalue weighted by molar-refractivity contribution is -0.124. The second-order valence-electron chi connectivity index (χ2n) is 16.2. The van der Waals surface area contributed by atoms with E-state index >= 15 is 0 Å². The van der Waals surface area contributed by atoms with Gasteiger partial charge in [-0.05, 0) is 74.0 Å². The van der Waals surface area contributed by atoms with Gasteiger partial charge in [0.1, 0.15) is 17.7 Å². The fourth-order valence-corrected chi connectivity index (χ4v) is 10.4. The van der Waals surface area contributed by atoms with E-state index in [4.69, 9.17) is 19.0 Å². The molecule has 0 spiro atoms. The monoisotopic (exact) mass is 784 g/mol. The molecule has 0 bridgehead atoms. The first-order chi connectivity index (χ1) is 27.1. The Balaban J connectivity index is 1.07. The second-order valence-corrected chi connectivity index (χ2v) is 17.9. The number of rotatable bonds is 24. The van der Waals surface area contributed by atoms with E-state index < -0.39 is 20.6 Å². The zero-order valence-electron chi connectivity index (χ0n) is 34.5. The van der Waals surface area contributed by atoms with Gasteiger partial charge in [-0.3, -0.25) is 9.59 Å². The van der Waals surface area contributed by atoms with Gasteiger partial charge in [0.15, 0.2) is 8.38 Å². The van der Waals surface area contributed by atoms with E-state index in [1.165, 1.54) is 0 Å². The molecule has 8 nitrogen and oxygen atoms in total. The Morgan fingerprint density at radius 1 is 0.857 bits per heavy atom. The van der Waals surface area contributed by atoms with Gasteiger partial charge in [-0.15, -0.1) is 0 Å². The fourth-order valence-electron chi connectivity index (χ4n) is 8.31. The summed E-state index contributed by atoms with van der Waals surface area (Å²) in [7, 11) is -1.15. The van der Waals surface area contributed by atoms with Crippen LogP contribution in [0.5, 0.6) is 0 Å². The van der Waals surface area contributed by atoms with Crippen LogP contribution >= 0.6 is 8.38 Å². The van der Waals surface area contributed by atoms with Crippen molar-refractivity contribution in [3.63, 3.8) is 0 Å². The molecule has 5 atom stereocenters. The summed E-state index contributed by atoms with van der Waals surface area (Å²) in [5.74, 6) is 8.33. The third-order valence-corrected chi connectivity index (χ3v) is 13.8. The summed E-state index contributed by atoms with van der Waals surface area (Å²) in [6, 6.07) is 18.0. The number of carbonyl (C=O) groups is 3. The molecule has 2 aliphatic rings. The predicted molar refractivity (Wildman–Crippen MR) is 224 cm³/mol. The van der Waals surface area contributed by atoms with Crippen molar-refractivity contribution in [2.75, 3.05) is 13.2 Å². The molecule has 1 fully saturated rings. The van der Waals surface area contributed by atoms with Crippen molar-refractivity contribution in [3.05, 3.63) is 70.8 Å². The number of unbranched alkanes of at least 4 members (excludes halogenated alkanes) is 5. The van der Waals surface area contributed by atoms with Crippen LogP contribution in [0.4, 0.5) is 4.79 Å². The lowest BCUT2D eigenvalue weighted by Gasteiger charge is -2.33. The minimum absolute atomic E-state index is 0.0237. The third-order valence-electron chi connectivity index (χ3n) is 11.2. The van der Waals surface area contributed by atoms with Gasteiger partial charge in [0, 0.05) is 60.5 Å². The van der Waals surface area contributed by atoms with E-state index in [0.717, 1.165) is 86.5 Å². The van der Waals surface area contributed by atoms with Crippen molar-refractivity contribution in [1.82, 2.24) is 5.32 Å². The predicted octanol–water partition coefficient (Wildman–Crippen LogP) is 11.2. The molecule has 0 radical (unpaired) electrons. The van der Waals surface area contributed by atoms with Crippen molar-refractivity contribution in [3.8, 4) is 17.9 Å². The summed E-state index contributed by atoms with van der Waals surface area (Å²) >= 11 is 0. The van der Waals surface area contributed by atoms with E-state index in [9.17, 15) is 14.4 Å². The van der Waals surface area contributed by atoms with E-state index in [1.54, 1.807) is 0 Å². The minimum atomic E-state index is -1.15. The van der Waals surface area contributed by atoms with Gasteiger partial charge in [-0.25, -0.2) is 4.79 Å². The number of ketones is 2. The van der Waals surface area contributed by atoms with Crippen LogP contribution in [0.3, 0.4) is 0 Å². The lowest BCUT2D eigenvalue weighted by Crippen LogP contribution is -2.28. The number of nitrogens with one attached hydrogen (secondary N) is 1. The number of hydrogen-bond acceptors (Lipinski definition) is 7. The van der Waals surface area contributed by atoms with Gasteiger partial charge >= 0.3 is 6.09 Å². The molecule has 2 aromatic rings. The van der Waals surface area contributed by atoms with Crippen LogP contribution < -0.4 is 5.32 Å². The number of amides is 1. The molecule has 2 aromatic carbocycles. The smallest absolute Gasteiger partial charge is 0.407 e.